The molecule has 1 heterocycles. The molecule has 0 saturated carbocycles. The van der Waals surface area contributed by atoms with Crippen LogP contribution < -0.4 is 5.32 Å². The first kappa shape index (κ1) is 14.2. The van der Waals surface area contributed by atoms with Crippen molar-refractivity contribution in [1.29, 1.82) is 5.26 Å². The largest absolute Gasteiger partial charge is 0.324 e. The second kappa shape index (κ2) is 6.26. The molecule has 0 spiro atoms. The number of nitriles is 1. The van der Waals surface area contributed by atoms with Gasteiger partial charge in [0.2, 0.25) is 5.91 Å². The fourth-order valence-corrected chi connectivity index (χ4v) is 2.57. The van der Waals surface area contributed by atoms with Gasteiger partial charge in [-0.15, -0.1) is 0 Å². The molecule has 0 unspecified atom stereocenters. The summed E-state index contributed by atoms with van der Waals surface area (Å²) in [6.07, 6.45) is 0. The van der Waals surface area contributed by atoms with Gasteiger partial charge in [-0.2, -0.15) is 10.4 Å². The number of aromatic nitrogens is 2. The molecular weight excluding hydrogens is 272 g/mol. The molecule has 5 nitrogen and oxygen atoms in total. The highest BCUT2D eigenvalue weighted by Crippen LogP contribution is 2.19. The lowest BCUT2D eigenvalue weighted by atomic mass is 10.2. The van der Waals surface area contributed by atoms with Gasteiger partial charge in [0.15, 0.2) is 0 Å². The van der Waals surface area contributed by atoms with Gasteiger partial charge in [0.05, 0.1) is 27.7 Å². The van der Waals surface area contributed by atoms with E-state index in [2.05, 4.69) is 16.5 Å². The van der Waals surface area contributed by atoms with Crippen molar-refractivity contribution < 1.29 is 4.79 Å². The Hall–Kier alpha value is -2.26. The third kappa shape index (κ3) is 3.39. The van der Waals surface area contributed by atoms with Crippen molar-refractivity contribution in [2.24, 2.45) is 7.05 Å². The minimum atomic E-state index is -0.142. The number of carbonyl (C=O) groups is 1. The third-order valence-corrected chi connectivity index (χ3v) is 3.72. The topological polar surface area (TPSA) is 70.7 Å². The maximum Gasteiger partial charge on any atom is 0.234 e. The summed E-state index contributed by atoms with van der Waals surface area (Å²) in [5.41, 5.74) is 1.93. The minimum absolute atomic E-state index is 0.142. The van der Waals surface area contributed by atoms with Crippen LogP contribution in [-0.2, 0) is 11.8 Å². The summed E-state index contributed by atoms with van der Waals surface area (Å²) in [5, 5.41) is 16.9. The Morgan fingerprint density at radius 1 is 1.50 bits per heavy atom. The Morgan fingerprint density at radius 2 is 2.25 bits per heavy atom. The van der Waals surface area contributed by atoms with Gasteiger partial charge in [-0.25, -0.2) is 0 Å². The molecule has 0 fully saturated rings. The van der Waals surface area contributed by atoms with Gasteiger partial charge >= 0.3 is 0 Å². The molecule has 0 saturated heterocycles. The van der Waals surface area contributed by atoms with E-state index in [-0.39, 0.29) is 11.7 Å². The normalized spacial score (nSPS) is 10.1. The quantitative estimate of drug-likeness (QED) is 0.876. The second-order valence-electron chi connectivity index (χ2n) is 4.24. The van der Waals surface area contributed by atoms with Crippen LogP contribution in [0.1, 0.15) is 11.3 Å². The van der Waals surface area contributed by atoms with E-state index in [4.69, 9.17) is 5.26 Å². The van der Waals surface area contributed by atoms with Gasteiger partial charge in [-0.1, -0.05) is 23.9 Å². The van der Waals surface area contributed by atoms with E-state index >= 15 is 0 Å². The molecule has 0 aliphatic rings. The first-order chi connectivity index (χ1) is 9.60. The van der Waals surface area contributed by atoms with Crippen LogP contribution in [0.15, 0.2) is 35.4 Å². The Kier molecular flexibility index (Phi) is 4.43. The monoisotopic (exact) mass is 286 g/mol. The van der Waals surface area contributed by atoms with E-state index in [9.17, 15) is 4.79 Å². The number of aryl methyl sites for hydroxylation is 2. The summed E-state index contributed by atoms with van der Waals surface area (Å²) < 4.78 is 1.75. The highest BCUT2D eigenvalue weighted by atomic mass is 32.2. The van der Waals surface area contributed by atoms with E-state index in [0.717, 1.165) is 10.7 Å². The summed E-state index contributed by atoms with van der Waals surface area (Å²) in [6.45, 7) is 1.91. The summed E-state index contributed by atoms with van der Waals surface area (Å²) in [5.74, 6) is 0.134. The molecule has 1 amide bonds. The van der Waals surface area contributed by atoms with Crippen molar-refractivity contribution in [1.82, 2.24) is 9.78 Å². The Morgan fingerprint density at radius 3 is 2.90 bits per heavy atom. The van der Waals surface area contributed by atoms with Crippen molar-refractivity contribution in [3.63, 3.8) is 0 Å². The molecule has 0 radical (unpaired) electrons. The molecule has 0 bridgehead atoms. The van der Waals surface area contributed by atoms with E-state index in [1.54, 1.807) is 28.9 Å². The molecule has 0 atom stereocenters. The van der Waals surface area contributed by atoms with Crippen LogP contribution in [-0.4, -0.2) is 21.4 Å². The van der Waals surface area contributed by atoms with Gasteiger partial charge in [0.25, 0.3) is 0 Å². The summed E-state index contributed by atoms with van der Waals surface area (Å²) >= 11 is 1.41. The zero-order valence-electron chi connectivity index (χ0n) is 11.3. The van der Waals surface area contributed by atoms with Crippen molar-refractivity contribution in [3.05, 3.63) is 41.6 Å². The van der Waals surface area contributed by atoms with E-state index < -0.39 is 0 Å². The lowest BCUT2D eigenvalue weighted by Gasteiger charge is -2.06. The molecule has 0 aliphatic carbocycles. The van der Waals surface area contributed by atoms with Crippen LogP contribution in [0.25, 0.3) is 0 Å². The molecular formula is C14H14N4OS. The summed E-state index contributed by atoms with van der Waals surface area (Å²) in [6, 6.07) is 10.9. The molecule has 102 valence electrons. The number of amides is 1. The van der Waals surface area contributed by atoms with Crippen molar-refractivity contribution >= 4 is 23.4 Å². The highest BCUT2D eigenvalue weighted by molar-refractivity contribution is 7.99. The lowest BCUT2D eigenvalue weighted by Crippen LogP contribution is -2.15. The predicted octanol–water partition coefficient (Wildman–Crippen LogP) is 2.33. The van der Waals surface area contributed by atoms with Crippen LogP contribution in [0.3, 0.4) is 0 Å². The Balaban J connectivity index is 1.96. The standard InChI is InChI=1S/C14H14N4OS/c1-10-7-14(18(2)17-10)20-9-13(19)16-12-6-4-3-5-11(12)8-15/h3-7H,9H2,1-2H3,(H,16,19). The van der Waals surface area contributed by atoms with Gasteiger partial charge in [0.1, 0.15) is 6.07 Å². The number of anilines is 1. The molecule has 6 heteroatoms. The molecule has 2 rings (SSSR count). The van der Waals surface area contributed by atoms with Crippen LogP contribution >= 0.6 is 11.8 Å². The molecule has 0 aliphatic heterocycles. The minimum Gasteiger partial charge on any atom is -0.324 e. The predicted molar refractivity (Wildman–Crippen MR) is 78.5 cm³/mol. The van der Waals surface area contributed by atoms with Crippen LogP contribution in [0.2, 0.25) is 0 Å². The Labute approximate surface area is 121 Å². The molecule has 1 aromatic carbocycles. The first-order valence-electron chi connectivity index (χ1n) is 6.02. The van der Waals surface area contributed by atoms with Crippen LogP contribution in [0.5, 0.6) is 0 Å². The van der Waals surface area contributed by atoms with Crippen molar-refractivity contribution in [2.45, 2.75) is 11.9 Å². The molecule has 20 heavy (non-hydrogen) atoms. The van der Waals surface area contributed by atoms with E-state index in [1.807, 2.05) is 20.0 Å². The number of thioether (sulfide) groups is 1. The number of rotatable bonds is 4. The number of benzene rings is 1. The average Bonchev–Trinajstić information content (AvgIpc) is 2.75. The van der Waals surface area contributed by atoms with E-state index in [0.29, 0.717) is 11.3 Å². The summed E-state index contributed by atoms with van der Waals surface area (Å²) in [7, 11) is 1.85. The maximum atomic E-state index is 11.9. The number of para-hydroxylation sites is 1. The third-order valence-electron chi connectivity index (χ3n) is 2.63. The number of hydrogen-bond donors (Lipinski definition) is 1. The van der Waals surface area contributed by atoms with Crippen molar-refractivity contribution in [2.75, 3.05) is 11.1 Å². The molecule has 1 N–H and O–H groups in total. The van der Waals surface area contributed by atoms with Gasteiger partial charge in [-0.3, -0.25) is 9.48 Å². The first-order valence-corrected chi connectivity index (χ1v) is 7.01. The summed E-state index contributed by atoms with van der Waals surface area (Å²) in [4.78, 5) is 11.9. The van der Waals surface area contributed by atoms with Gasteiger partial charge in [0, 0.05) is 7.05 Å². The Bertz CT molecular complexity index is 672. The lowest BCUT2D eigenvalue weighted by molar-refractivity contribution is -0.113. The van der Waals surface area contributed by atoms with E-state index in [1.165, 1.54) is 11.8 Å². The smallest absolute Gasteiger partial charge is 0.234 e. The maximum absolute atomic E-state index is 11.9. The second-order valence-corrected chi connectivity index (χ2v) is 5.24. The average molecular weight is 286 g/mol. The SMILES string of the molecule is Cc1cc(SCC(=O)Nc2ccccc2C#N)n(C)n1. The van der Waals surface area contributed by atoms with Gasteiger partial charge < -0.3 is 5.32 Å². The molecule has 1 aromatic heterocycles. The van der Waals surface area contributed by atoms with Crippen molar-refractivity contribution in [3.8, 4) is 6.07 Å². The molecule has 2 aromatic rings. The van der Waals surface area contributed by atoms with Gasteiger partial charge in [-0.05, 0) is 25.1 Å². The zero-order chi connectivity index (χ0) is 14.5. The number of hydrogen-bond acceptors (Lipinski definition) is 4. The number of carbonyl (C=O) groups excluding carboxylic acids is 1. The zero-order valence-corrected chi connectivity index (χ0v) is 12.1. The van der Waals surface area contributed by atoms with Crippen LogP contribution in [0.4, 0.5) is 5.69 Å². The van der Waals surface area contributed by atoms with Crippen LogP contribution in [0, 0.1) is 18.3 Å². The fraction of sp³-hybridized carbons (Fsp3) is 0.214. The number of nitrogens with zero attached hydrogens (tertiary/aromatic N) is 3. The highest BCUT2D eigenvalue weighted by Gasteiger charge is 2.09. The fourth-order valence-electron chi connectivity index (χ4n) is 1.74. The number of nitrogens with one attached hydrogen (secondary N) is 1.